The molecule has 0 aromatic carbocycles. The number of rotatable bonds is 4. The molecule has 1 aliphatic heterocycles. The number of likely N-dealkylation sites (tertiary alicyclic amines) is 1. The Morgan fingerprint density at radius 2 is 1.93 bits per heavy atom. The average molecular weight is 197 g/mol. The summed E-state index contributed by atoms with van der Waals surface area (Å²) in [6, 6.07) is 0. The number of amides is 2. The molecule has 76 valence electrons. The van der Waals surface area contributed by atoms with Crippen LogP contribution in [0.5, 0.6) is 0 Å². The predicted octanol–water partition coefficient (Wildman–Crippen LogP) is -0.144. The second kappa shape index (κ2) is 3.08. The van der Waals surface area contributed by atoms with E-state index in [1.165, 1.54) is 4.90 Å². The van der Waals surface area contributed by atoms with Crippen LogP contribution in [-0.4, -0.2) is 34.3 Å². The summed E-state index contributed by atoms with van der Waals surface area (Å²) in [7, 11) is 0. The van der Waals surface area contributed by atoms with Crippen LogP contribution in [0.3, 0.4) is 0 Å². The fourth-order valence-electron chi connectivity index (χ4n) is 1.86. The van der Waals surface area contributed by atoms with Crippen LogP contribution in [0.15, 0.2) is 0 Å². The van der Waals surface area contributed by atoms with Crippen LogP contribution in [0.25, 0.3) is 0 Å². The minimum absolute atomic E-state index is 0.00634. The molecule has 2 amide bonds. The molecule has 0 bridgehead atoms. The van der Waals surface area contributed by atoms with Crippen LogP contribution in [-0.2, 0) is 14.4 Å². The molecule has 1 saturated carbocycles. The molecule has 0 aromatic heterocycles. The van der Waals surface area contributed by atoms with Crippen LogP contribution in [0, 0.1) is 11.8 Å². The molecule has 1 saturated heterocycles. The lowest BCUT2D eigenvalue weighted by Crippen LogP contribution is -2.33. The van der Waals surface area contributed by atoms with Gasteiger partial charge in [0.15, 0.2) is 0 Å². The third-order valence-electron chi connectivity index (χ3n) is 2.73. The lowest BCUT2D eigenvalue weighted by molar-refractivity contribution is -0.143. The van der Waals surface area contributed by atoms with Crippen molar-refractivity contribution >= 4 is 17.8 Å². The molecule has 2 atom stereocenters. The van der Waals surface area contributed by atoms with Gasteiger partial charge in [-0.1, -0.05) is 0 Å². The number of hydrogen-bond donors (Lipinski definition) is 1. The Morgan fingerprint density at radius 3 is 2.43 bits per heavy atom. The number of hydrogen-bond acceptors (Lipinski definition) is 3. The van der Waals surface area contributed by atoms with Crippen LogP contribution >= 0.6 is 0 Å². The van der Waals surface area contributed by atoms with Gasteiger partial charge in [0.05, 0.1) is 11.8 Å². The summed E-state index contributed by atoms with van der Waals surface area (Å²) in [4.78, 5) is 34.2. The van der Waals surface area contributed by atoms with Gasteiger partial charge in [0.2, 0.25) is 11.8 Å². The number of carbonyl (C=O) groups is 3. The van der Waals surface area contributed by atoms with Crippen molar-refractivity contribution in [3.8, 4) is 0 Å². The summed E-state index contributed by atoms with van der Waals surface area (Å²) in [6.07, 6.45) is 1.06. The molecule has 0 aromatic rings. The van der Waals surface area contributed by atoms with E-state index in [0.29, 0.717) is 12.8 Å². The van der Waals surface area contributed by atoms with Crippen molar-refractivity contribution in [2.45, 2.75) is 19.3 Å². The van der Waals surface area contributed by atoms with E-state index in [4.69, 9.17) is 5.11 Å². The standard InChI is InChI=1S/C9H11NO4/c11-7(12)2-1-3-10-8(13)5-4-6(5)9(10)14/h5-6H,1-4H2,(H,11,12). The lowest BCUT2D eigenvalue weighted by atomic mass is 10.3. The highest BCUT2D eigenvalue weighted by Gasteiger charge is 2.58. The van der Waals surface area contributed by atoms with Crippen molar-refractivity contribution in [1.29, 1.82) is 0 Å². The Hall–Kier alpha value is -1.39. The highest BCUT2D eigenvalue weighted by Crippen LogP contribution is 2.46. The SMILES string of the molecule is O=C(O)CCCN1C(=O)C2CC2C1=O. The Kier molecular flexibility index (Phi) is 2.02. The number of fused-ring (bicyclic) bond motifs is 1. The zero-order valence-electron chi connectivity index (χ0n) is 7.60. The maximum absolute atomic E-state index is 11.4. The van der Waals surface area contributed by atoms with Gasteiger partial charge in [0, 0.05) is 13.0 Å². The zero-order chi connectivity index (χ0) is 10.3. The summed E-state index contributed by atoms with van der Waals surface area (Å²) in [5.41, 5.74) is 0. The van der Waals surface area contributed by atoms with E-state index in [9.17, 15) is 14.4 Å². The Morgan fingerprint density at radius 1 is 1.36 bits per heavy atom. The number of carboxylic acids is 1. The van der Waals surface area contributed by atoms with Gasteiger partial charge in [-0.15, -0.1) is 0 Å². The van der Waals surface area contributed by atoms with E-state index in [-0.39, 0.29) is 36.6 Å². The molecule has 5 heteroatoms. The van der Waals surface area contributed by atoms with Gasteiger partial charge in [-0.3, -0.25) is 19.3 Å². The van der Waals surface area contributed by atoms with E-state index in [1.807, 2.05) is 0 Å². The first kappa shape index (κ1) is 9.18. The molecule has 5 nitrogen and oxygen atoms in total. The first-order valence-electron chi connectivity index (χ1n) is 4.68. The molecule has 2 unspecified atom stereocenters. The Labute approximate surface area is 80.7 Å². The van der Waals surface area contributed by atoms with Crippen LogP contribution < -0.4 is 0 Å². The van der Waals surface area contributed by atoms with Crippen molar-refractivity contribution in [3.63, 3.8) is 0 Å². The molecule has 14 heavy (non-hydrogen) atoms. The number of carboxylic acid groups (broad SMARTS) is 1. The van der Waals surface area contributed by atoms with Gasteiger partial charge in [0.1, 0.15) is 0 Å². The first-order chi connectivity index (χ1) is 6.61. The molecule has 1 aliphatic carbocycles. The minimum atomic E-state index is -0.894. The van der Waals surface area contributed by atoms with Crippen molar-refractivity contribution in [3.05, 3.63) is 0 Å². The molecular weight excluding hydrogens is 186 g/mol. The molecule has 2 fully saturated rings. The monoisotopic (exact) mass is 197 g/mol. The van der Waals surface area contributed by atoms with E-state index in [0.717, 1.165) is 0 Å². The van der Waals surface area contributed by atoms with E-state index < -0.39 is 5.97 Å². The molecule has 2 rings (SSSR count). The van der Waals surface area contributed by atoms with Gasteiger partial charge < -0.3 is 5.11 Å². The largest absolute Gasteiger partial charge is 0.481 e. The third kappa shape index (κ3) is 1.38. The highest BCUT2D eigenvalue weighted by molar-refractivity contribution is 6.08. The van der Waals surface area contributed by atoms with Crippen LogP contribution in [0.4, 0.5) is 0 Å². The quantitative estimate of drug-likeness (QED) is 0.636. The molecular formula is C9H11NO4. The maximum atomic E-state index is 11.4. The molecule has 0 spiro atoms. The van der Waals surface area contributed by atoms with E-state index >= 15 is 0 Å². The zero-order valence-corrected chi connectivity index (χ0v) is 7.60. The number of nitrogens with zero attached hydrogens (tertiary/aromatic N) is 1. The molecule has 1 heterocycles. The molecule has 1 N–H and O–H groups in total. The molecule has 0 radical (unpaired) electrons. The van der Waals surface area contributed by atoms with Gasteiger partial charge in [-0.05, 0) is 12.8 Å². The molecule has 2 aliphatic rings. The summed E-state index contributed by atoms with van der Waals surface area (Å²) < 4.78 is 0. The summed E-state index contributed by atoms with van der Waals surface area (Å²) >= 11 is 0. The van der Waals surface area contributed by atoms with Gasteiger partial charge in [0.25, 0.3) is 0 Å². The van der Waals surface area contributed by atoms with Crippen LogP contribution in [0.2, 0.25) is 0 Å². The van der Waals surface area contributed by atoms with Crippen LogP contribution in [0.1, 0.15) is 19.3 Å². The van der Waals surface area contributed by atoms with E-state index in [1.54, 1.807) is 0 Å². The number of piperidine rings is 1. The summed E-state index contributed by atoms with van der Waals surface area (Å²) in [5.74, 6) is -1.26. The Balaban J connectivity index is 1.84. The van der Waals surface area contributed by atoms with Gasteiger partial charge in [-0.2, -0.15) is 0 Å². The topological polar surface area (TPSA) is 74.7 Å². The fourth-order valence-corrected chi connectivity index (χ4v) is 1.86. The predicted molar refractivity (Wildman–Crippen MR) is 45.2 cm³/mol. The summed E-state index contributed by atoms with van der Waals surface area (Å²) in [5, 5.41) is 8.39. The smallest absolute Gasteiger partial charge is 0.303 e. The van der Waals surface area contributed by atoms with Crippen molar-refractivity contribution in [1.82, 2.24) is 4.90 Å². The van der Waals surface area contributed by atoms with E-state index in [2.05, 4.69) is 0 Å². The summed E-state index contributed by atoms with van der Waals surface area (Å²) in [6.45, 7) is 0.261. The van der Waals surface area contributed by atoms with Crippen molar-refractivity contribution < 1.29 is 19.5 Å². The fraction of sp³-hybridized carbons (Fsp3) is 0.667. The third-order valence-corrected chi connectivity index (χ3v) is 2.73. The Bertz CT molecular complexity index is 292. The van der Waals surface area contributed by atoms with Gasteiger partial charge in [-0.25, -0.2) is 0 Å². The highest BCUT2D eigenvalue weighted by atomic mass is 16.4. The van der Waals surface area contributed by atoms with Gasteiger partial charge >= 0.3 is 5.97 Å². The van der Waals surface area contributed by atoms with Crippen molar-refractivity contribution in [2.24, 2.45) is 11.8 Å². The average Bonchev–Trinajstić information content (AvgIpc) is 2.84. The number of carbonyl (C=O) groups excluding carboxylic acids is 2. The second-order valence-corrected chi connectivity index (χ2v) is 3.77. The van der Waals surface area contributed by atoms with Crippen molar-refractivity contribution in [2.75, 3.05) is 6.54 Å². The lowest BCUT2D eigenvalue weighted by Gasteiger charge is -2.15. The maximum Gasteiger partial charge on any atom is 0.303 e. The normalized spacial score (nSPS) is 29.3. The number of aliphatic carboxylic acids is 1. The number of imide groups is 1. The minimum Gasteiger partial charge on any atom is -0.481 e. The first-order valence-corrected chi connectivity index (χ1v) is 4.68. The second-order valence-electron chi connectivity index (χ2n) is 3.77.